The van der Waals surface area contributed by atoms with E-state index in [1.165, 1.54) is 0 Å². The van der Waals surface area contributed by atoms with Crippen molar-refractivity contribution in [2.45, 2.75) is 47.0 Å². The standard InChI is InChI=1S/C31H40N4O/c1-21(2)18-35(19-22(3)4)20-31(5,6)30-33-28(23-12-14-32-15-13-23)29(34-30)26-9-8-25-17-27(36-7)11-10-24(25)16-26/h8-17,21-22H,18-20H2,1-7H3,(H,33,34). The Morgan fingerprint density at radius 2 is 1.50 bits per heavy atom. The Labute approximate surface area is 215 Å². The Kier molecular flexibility index (Phi) is 7.79. The topological polar surface area (TPSA) is 54.0 Å². The van der Waals surface area contributed by atoms with Crippen LogP contribution in [0.2, 0.25) is 0 Å². The minimum atomic E-state index is -0.145. The number of H-pyrrole nitrogens is 1. The number of pyridine rings is 1. The van der Waals surface area contributed by atoms with E-state index in [0.717, 1.165) is 64.5 Å². The van der Waals surface area contributed by atoms with E-state index < -0.39 is 0 Å². The first-order valence-electron chi connectivity index (χ1n) is 13.0. The molecule has 0 radical (unpaired) electrons. The van der Waals surface area contributed by atoms with Gasteiger partial charge in [-0.3, -0.25) is 4.98 Å². The number of fused-ring (bicyclic) bond motifs is 1. The molecule has 0 aliphatic carbocycles. The minimum Gasteiger partial charge on any atom is -0.497 e. The van der Waals surface area contributed by atoms with Gasteiger partial charge in [-0.05, 0) is 52.9 Å². The second kappa shape index (κ2) is 10.8. The fourth-order valence-electron chi connectivity index (χ4n) is 5.00. The smallest absolute Gasteiger partial charge is 0.119 e. The van der Waals surface area contributed by atoms with Gasteiger partial charge in [0.2, 0.25) is 0 Å². The summed E-state index contributed by atoms with van der Waals surface area (Å²) in [4.78, 5) is 15.8. The van der Waals surface area contributed by atoms with Crippen LogP contribution in [-0.2, 0) is 5.41 Å². The number of benzene rings is 2. The molecule has 190 valence electrons. The minimum absolute atomic E-state index is 0.145. The molecule has 0 amide bonds. The van der Waals surface area contributed by atoms with Crippen molar-refractivity contribution in [3.8, 4) is 28.3 Å². The Bertz CT molecular complexity index is 1280. The van der Waals surface area contributed by atoms with Crippen molar-refractivity contribution in [3.63, 3.8) is 0 Å². The Balaban J connectivity index is 1.77. The number of ether oxygens (including phenoxy) is 1. The molecule has 0 saturated carbocycles. The summed E-state index contributed by atoms with van der Waals surface area (Å²) in [5.74, 6) is 3.12. The molecule has 36 heavy (non-hydrogen) atoms. The van der Waals surface area contributed by atoms with Crippen molar-refractivity contribution < 1.29 is 4.74 Å². The molecule has 2 heterocycles. The number of aromatic nitrogens is 3. The van der Waals surface area contributed by atoms with Gasteiger partial charge in [-0.2, -0.15) is 0 Å². The highest BCUT2D eigenvalue weighted by Crippen LogP contribution is 2.35. The molecule has 2 aromatic heterocycles. The van der Waals surface area contributed by atoms with Gasteiger partial charge < -0.3 is 14.6 Å². The van der Waals surface area contributed by atoms with Gasteiger partial charge in [0.25, 0.3) is 0 Å². The van der Waals surface area contributed by atoms with Gasteiger partial charge in [0.15, 0.2) is 0 Å². The molecule has 4 aromatic rings. The lowest BCUT2D eigenvalue weighted by Gasteiger charge is -2.33. The summed E-state index contributed by atoms with van der Waals surface area (Å²) in [6.07, 6.45) is 3.68. The Hall–Kier alpha value is -3.18. The molecular formula is C31H40N4O. The number of aromatic amines is 1. The van der Waals surface area contributed by atoms with E-state index in [1.807, 2.05) is 30.6 Å². The third kappa shape index (κ3) is 5.96. The maximum Gasteiger partial charge on any atom is 0.119 e. The van der Waals surface area contributed by atoms with Crippen LogP contribution in [0.4, 0.5) is 0 Å². The zero-order valence-corrected chi connectivity index (χ0v) is 22.8. The maximum absolute atomic E-state index is 5.41. The predicted octanol–water partition coefficient (Wildman–Crippen LogP) is 7.19. The lowest BCUT2D eigenvalue weighted by Crippen LogP contribution is -2.41. The van der Waals surface area contributed by atoms with Crippen LogP contribution in [0.1, 0.15) is 47.4 Å². The van der Waals surface area contributed by atoms with Gasteiger partial charge >= 0.3 is 0 Å². The second-order valence-corrected chi connectivity index (χ2v) is 11.3. The van der Waals surface area contributed by atoms with Crippen molar-refractivity contribution in [2.75, 3.05) is 26.7 Å². The second-order valence-electron chi connectivity index (χ2n) is 11.3. The molecule has 0 aliphatic heterocycles. The van der Waals surface area contributed by atoms with Crippen molar-refractivity contribution in [3.05, 3.63) is 66.7 Å². The van der Waals surface area contributed by atoms with Gasteiger partial charge in [-0.1, -0.05) is 59.7 Å². The average molecular weight is 485 g/mol. The lowest BCUT2D eigenvalue weighted by molar-refractivity contribution is 0.179. The number of imidazole rings is 1. The van der Waals surface area contributed by atoms with Crippen LogP contribution in [0.15, 0.2) is 60.9 Å². The predicted molar refractivity (Wildman–Crippen MR) is 150 cm³/mol. The summed E-state index contributed by atoms with van der Waals surface area (Å²) in [7, 11) is 1.70. The van der Waals surface area contributed by atoms with E-state index in [0.29, 0.717) is 11.8 Å². The first-order valence-corrected chi connectivity index (χ1v) is 13.0. The third-order valence-electron chi connectivity index (χ3n) is 6.50. The largest absolute Gasteiger partial charge is 0.497 e. The van der Waals surface area contributed by atoms with Crippen LogP contribution in [0.3, 0.4) is 0 Å². The molecule has 0 saturated heterocycles. The van der Waals surface area contributed by atoms with Crippen molar-refractivity contribution in [1.82, 2.24) is 19.9 Å². The number of hydrogen-bond donors (Lipinski definition) is 1. The summed E-state index contributed by atoms with van der Waals surface area (Å²) in [6, 6.07) is 16.8. The van der Waals surface area contributed by atoms with Crippen molar-refractivity contribution >= 4 is 10.8 Å². The van der Waals surface area contributed by atoms with E-state index in [4.69, 9.17) is 9.72 Å². The van der Waals surface area contributed by atoms with E-state index in [-0.39, 0.29) is 5.41 Å². The number of nitrogens with one attached hydrogen (secondary N) is 1. The zero-order valence-electron chi connectivity index (χ0n) is 22.8. The van der Waals surface area contributed by atoms with Crippen molar-refractivity contribution in [1.29, 1.82) is 0 Å². The maximum atomic E-state index is 5.41. The molecule has 0 atom stereocenters. The monoisotopic (exact) mass is 484 g/mol. The summed E-state index contributed by atoms with van der Waals surface area (Å²) in [5, 5.41) is 2.32. The number of nitrogens with zero attached hydrogens (tertiary/aromatic N) is 3. The van der Waals surface area contributed by atoms with Crippen LogP contribution in [0.5, 0.6) is 5.75 Å². The highest BCUT2D eigenvalue weighted by molar-refractivity contribution is 5.90. The number of hydrogen-bond acceptors (Lipinski definition) is 4. The molecule has 0 fully saturated rings. The first kappa shape index (κ1) is 25.9. The average Bonchev–Trinajstić information content (AvgIpc) is 3.29. The van der Waals surface area contributed by atoms with E-state index >= 15 is 0 Å². The molecule has 1 N–H and O–H groups in total. The molecule has 0 unspecified atom stereocenters. The molecule has 4 rings (SSSR count). The van der Waals surface area contributed by atoms with E-state index in [1.54, 1.807) is 7.11 Å². The van der Waals surface area contributed by atoms with Gasteiger partial charge in [-0.15, -0.1) is 0 Å². The first-order chi connectivity index (χ1) is 17.2. The van der Waals surface area contributed by atoms with E-state index in [9.17, 15) is 0 Å². The van der Waals surface area contributed by atoms with Crippen LogP contribution in [-0.4, -0.2) is 46.6 Å². The molecular weight excluding hydrogens is 444 g/mol. The lowest BCUT2D eigenvalue weighted by atomic mass is 9.91. The van der Waals surface area contributed by atoms with Crippen LogP contribution >= 0.6 is 0 Å². The fourth-order valence-corrected chi connectivity index (χ4v) is 5.00. The number of rotatable bonds is 10. The Morgan fingerprint density at radius 3 is 2.14 bits per heavy atom. The van der Waals surface area contributed by atoms with Crippen LogP contribution < -0.4 is 4.74 Å². The summed E-state index contributed by atoms with van der Waals surface area (Å²) in [5.41, 5.74) is 4.05. The molecule has 5 heteroatoms. The molecule has 5 nitrogen and oxygen atoms in total. The van der Waals surface area contributed by atoms with Gasteiger partial charge in [0.1, 0.15) is 11.6 Å². The van der Waals surface area contributed by atoms with Crippen LogP contribution in [0, 0.1) is 11.8 Å². The normalized spacial score (nSPS) is 12.3. The highest BCUT2D eigenvalue weighted by Gasteiger charge is 2.30. The zero-order chi connectivity index (χ0) is 25.9. The summed E-state index contributed by atoms with van der Waals surface area (Å²) in [6.45, 7) is 16.9. The molecule has 0 aliphatic rings. The summed E-state index contributed by atoms with van der Waals surface area (Å²) >= 11 is 0. The molecule has 2 aromatic carbocycles. The van der Waals surface area contributed by atoms with Gasteiger partial charge in [0.05, 0.1) is 18.5 Å². The van der Waals surface area contributed by atoms with E-state index in [2.05, 4.69) is 86.7 Å². The number of methoxy groups -OCH3 is 1. The van der Waals surface area contributed by atoms with Gasteiger partial charge in [0, 0.05) is 48.6 Å². The SMILES string of the molecule is COc1ccc2cc(-c3nc(C(C)(C)CN(CC(C)C)CC(C)C)[nH]c3-c3ccncc3)ccc2c1. The highest BCUT2D eigenvalue weighted by atomic mass is 16.5. The molecule has 0 bridgehead atoms. The molecule has 0 spiro atoms. The van der Waals surface area contributed by atoms with Crippen molar-refractivity contribution in [2.24, 2.45) is 11.8 Å². The Morgan fingerprint density at radius 1 is 0.861 bits per heavy atom. The summed E-state index contributed by atoms with van der Waals surface area (Å²) < 4.78 is 5.41. The quantitative estimate of drug-likeness (QED) is 0.259. The van der Waals surface area contributed by atoms with Crippen LogP contribution in [0.25, 0.3) is 33.3 Å². The van der Waals surface area contributed by atoms with Gasteiger partial charge in [-0.25, -0.2) is 4.98 Å². The third-order valence-corrected chi connectivity index (χ3v) is 6.50. The fraction of sp³-hybridized carbons (Fsp3) is 0.419.